The lowest BCUT2D eigenvalue weighted by Gasteiger charge is -2.25. The van der Waals surface area contributed by atoms with Crippen molar-refractivity contribution in [1.82, 2.24) is 15.5 Å². The molecule has 2 amide bonds. The molecule has 0 aromatic carbocycles. The molecule has 1 aromatic rings. The molecule has 5 unspecified atom stereocenters. The Hall–Kier alpha value is -5.69. The molecule has 1 rings (SSSR count). The molecule has 0 spiro atoms. The quantitative estimate of drug-likeness (QED) is 0.0405. The van der Waals surface area contributed by atoms with Crippen molar-refractivity contribution < 1.29 is 155 Å². The van der Waals surface area contributed by atoms with E-state index in [4.69, 9.17) is 15.3 Å². The summed E-state index contributed by atoms with van der Waals surface area (Å²) < 4.78 is 280. The molecule has 39 heteroatoms. The minimum atomic E-state index is -4.40. The van der Waals surface area contributed by atoms with Crippen LogP contribution in [0.4, 0.5) is 96.6 Å². The molecule has 0 aliphatic carbocycles. The molecule has 0 aliphatic rings. The van der Waals surface area contributed by atoms with Crippen molar-refractivity contribution in [3.8, 4) is 0 Å². The van der Waals surface area contributed by atoms with Gasteiger partial charge in [0.15, 0.2) is 0 Å². The lowest BCUT2D eigenvalue weighted by Crippen LogP contribution is -2.44. The molecule has 0 saturated carbocycles. The van der Waals surface area contributed by atoms with Gasteiger partial charge in [0, 0.05) is 50.0 Å². The van der Waals surface area contributed by atoms with Crippen LogP contribution in [0.3, 0.4) is 0 Å². The number of amides is 2. The number of carbonyl (C=O) groups is 7. The summed E-state index contributed by atoms with van der Waals surface area (Å²) in [5, 5.41) is 32.7. The first-order valence-electron chi connectivity index (χ1n) is 33.3. The predicted molar refractivity (Wildman–Crippen MR) is 356 cm³/mol. The molecule has 16 nitrogen and oxygen atoms in total. The summed E-state index contributed by atoms with van der Waals surface area (Å²) in [5.41, 5.74) is 4.43. The Morgan fingerprint density at radius 2 is 0.868 bits per heavy atom. The number of esters is 2. The SMILES string of the molecule is CC(C)C(C)C(F)(F)F.CC(C)CC(CCC(=O)O)C(F)(F)F.CC(C)CC(F)(F)C(N)=O.CC(C)CCC(F)(F)C(=O)O.CC(C)OC(=O)C(F)(F)C(C)C(C)C.CC(C)[C@H](CC(F)(F)F)C(=O)O.CC(C)c1nnc(C(F)(F)F)s1.CNC(=O)C(F)(F)C(C)C(C)C.COC(=O)C(F)(F)C(C)C(C)C. The van der Waals surface area contributed by atoms with Crippen LogP contribution < -0.4 is 11.1 Å². The number of nitrogens with one attached hydrogen (secondary N) is 1. The number of carboxylic acids is 3. The van der Waals surface area contributed by atoms with Gasteiger partial charge in [-0.25, -0.2) is 14.4 Å². The third-order valence-corrected chi connectivity index (χ3v) is 16.2. The number of hydrogen-bond donors (Lipinski definition) is 5. The average molecular weight is 1620 g/mol. The maximum absolute atomic E-state index is 13.3. The maximum atomic E-state index is 13.3. The lowest BCUT2D eigenvalue weighted by molar-refractivity contribution is -0.186. The number of aliphatic carboxylic acids is 3. The molecule has 106 heavy (non-hydrogen) atoms. The first kappa shape index (κ1) is 116. The number of alkyl halides is 22. The van der Waals surface area contributed by atoms with Gasteiger partial charge in [-0.2, -0.15) is 96.6 Å². The van der Waals surface area contributed by atoms with Crippen LogP contribution in [-0.2, 0) is 49.2 Å². The summed E-state index contributed by atoms with van der Waals surface area (Å²) in [7, 11) is 2.17. The normalized spacial score (nSPS) is 14.0. The smallest absolute Gasteiger partial charge is 0.445 e. The van der Waals surface area contributed by atoms with E-state index in [-0.39, 0.29) is 66.6 Å². The lowest BCUT2D eigenvalue weighted by atomic mass is 9.91. The molecule has 0 radical (unpaired) electrons. The highest BCUT2D eigenvalue weighted by atomic mass is 32.1. The molecule has 6 N–H and O–H groups in total. The third kappa shape index (κ3) is 54.8. The molecule has 0 bridgehead atoms. The first-order chi connectivity index (χ1) is 46.8. The largest absolute Gasteiger partial charge is 0.481 e. The van der Waals surface area contributed by atoms with E-state index < -0.39 is 174 Å². The zero-order chi connectivity index (χ0) is 87.1. The molecular weight excluding hydrogens is 1500 g/mol. The number of rotatable bonds is 27. The second-order valence-electron chi connectivity index (χ2n) is 28.1. The number of carbonyl (C=O) groups excluding carboxylic acids is 4. The van der Waals surface area contributed by atoms with Gasteiger partial charge in [0.25, 0.3) is 11.8 Å². The van der Waals surface area contributed by atoms with E-state index in [0.29, 0.717) is 16.3 Å². The zero-order valence-corrected chi connectivity index (χ0v) is 65.7. The molecule has 0 fully saturated rings. The Kier molecular flexibility index (Phi) is 56.6. The highest BCUT2D eigenvalue weighted by molar-refractivity contribution is 7.11. The van der Waals surface area contributed by atoms with Crippen molar-refractivity contribution in [2.45, 2.75) is 277 Å². The Balaban J connectivity index is -0.000000170. The van der Waals surface area contributed by atoms with Crippen LogP contribution in [0.5, 0.6) is 0 Å². The maximum Gasteiger partial charge on any atom is 0.445 e. The standard InChI is InChI=1S/C10H18F2O2.C9H15F3O2.C8H15F2NO.C8H14F2O2.C7H11F3O2.C7H12F2O2.C6H7F3N2S.C6H11F3.C6H11F2NO/c1-6(2)8(5)10(11,12)9(13)14-7(3)4;1-6(2)5-7(9(10,11)12)3-4-8(13)14;1-5(2)6(3)8(9,10)7(12)11-4;1-5(2)6(3)8(9,10)7(11)12-4;1-4(2)5(6(11)12)3-7(8,9)10;1-5(2)3-4-7(8,9)6(10)11;1-3(2)4-10-11-5(12-4)6(7,8)9;1-4(2)5(3)6(7,8)9;1-4(2)3-6(7,8)5(9)10/h6-8H,1-5H3;6-7H,3-5H2,1-2H3,(H,13,14);5-6H,1-4H3,(H,11,12);5-6H,1-4H3;4-5H,3H2,1-2H3,(H,11,12);5H,3-4H2,1-2H3,(H,10,11);3H,1-2H3;4-5H,1-3H3;4H,3H2,1-2H3,(H2,9,10)/t;;;;5-;;;;/m....0..../s1. The summed E-state index contributed by atoms with van der Waals surface area (Å²) in [6.45, 7) is 38.1. The Morgan fingerprint density at radius 1 is 0.481 bits per heavy atom. The van der Waals surface area contributed by atoms with Crippen LogP contribution in [0.15, 0.2) is 0 Å². The van der Waals surface area contributed by atoms with Crippen LogP contribution in [0, 0.1) is 82.9 Å². The zero-order valence-electron chi connectivity index (χ0n) is 64.9. The highest BCUT2D eigenvalue weighted by Gasteiger charge is 2.50. The van der Waals surface area contributed by atoms with Crippen LogP contribution >= 0.6 is 11.3 Å². The average Bonchev–Trinajstić information content (AvgIpc) is 1.40. The van der Waals surface area contributed by atoms with Crippen LogP contribution in [0.25, 0.3) is 0 Å². The van der Waals surface area contributed by atoms with E-state index in [1.54, 1.807) is 125 Å². The number of primary amides is 1. The van der Waals surface area contributed by atoms with Crippen molar-refractivity contribution in [2.24, 2.45) is 88.6 Å². The molecule has 0 saturated heterocycles. The van der Waals surface area contributed by atoms with E-state index >= 15 is 0 Å². The fourth-order valence-corrected chi connectivity index (χ4v) is 7.43. The van der Waals surface area contributed by atoms with Crippen molar-refractivity contribution in [3.05, 3.63) is 10.0 Å². The second kappa shape index (κ2) is 51.7. The second-order valence-corrected chi connectivity index (χ2v) is 29.1. The summed E-state index contributed by atoms with van der Waals surface area (Å²) in [6, 6.07) is 0. The van der Waals surface area contributed by atoms with Gasteiger partial charge in [-0.05, 0) is 80.5 Å². The van der Waals surface area contributed by atoms with Crippen LogP contribution in [-0.4, -0.2) is 136 Å². The van der Waals surface area contributed by atoms with Crippen LogP contribution in [0.2, 0.25) is 0 Å². The van der Waals surface area contributed by atoms with Crippen molar-refractivity contribution >= 4 is 53.0 Å². The van der Waals surface area contributed by atoms with E-state index in [9.17, 15) is 130 Å². The Bertz CT molecular complexity index is 2570. The number of nitrogens with zero attached hydrogens (tertiary/aromatic N) is 2. The number of aromatic nitrogens is 2. The number of methoxy groups -OCH3 is 1. The van der Waals surface area contributed by atoms with Gasteiger partial charge >= 0.3 is 84.2 Å². The van der Waals surface area contributed by atoms with E-state index in [0.717, 1.165) is 7.11 Å². The first-order valence-corrected chi connectivity index (χ1v) is 34.1. The van der Waals surface area contributed by atoms with E-state index in [1.807, 2.05) is 5.32 Å². The van der Waals surface area contributed by atoms with Crippen molar-refractivity contribution in [3.63, 3.8) is 0 Å². The monoisotopic (exact) mass is 1620 g/mol. The van der Waals surface area contributed by atoms with Crippen molar-refractivity contribution in [1.29, 1.82) is 0 Å². The third-order valence-electron chi connectivity index (χ3n) is 14.9. The van der Waals surface area contributed by atoms with Gasteiger partial charge in [-0.1, -0.05) is 164 Å². The van der Waals surface area contributed by atoms with Gasteiger partial charge in [0.1, 0.15) is 5.01 Å². The van der Waals surface area contributed by atoms with E-state index in [2.05, 4.69) is 25.4 Å². The molecule has 1 heterocycles. The minimum absolute atomic E-state index is 0.00130. The van der Waals surface area contributed by atoms with Gasteiger partial charge < -0.3 is 35.8 Å². The number of carboxylic acid groups (broad SMARTS) is 3. The van der Waals surface area contributed by atoms with Gasteiger partial charge in [-0.3, -0.25) is 19.2 Å². The molecule has 6 atom stereocenters. The molecule has 634 valence electrons. The van der Waals surface area contributed by atoms with Gasteiger partial charge in [-0.15, -0.1) is 10.2 Å². The van der Waals surface area contributed by atoms with Gasteiger partial charge in [0.05, 0.1) is 37.4 Å². The van der Waals surface area contributed by atoms with Gasteiger partial charge in [0.2, 0.25) is 5.01 Å². The predicted octanol–water partition coefficient (Wildman–Crippen LogP) is 20.8. The van der Waals surface area contributed by atoms with Crippen LogP contribution in [0.1, 0.15) is 227 Å². The minimum Gasteiger partial charge on any atom is -0.481 e. The number of hydrogen-bond acceptors (Lipinski definition) is 12. The van der Waals surface area contributed by atoms with Crippen molar-refractivity contribution in [2.75, 3.05) is 14.2 Å². The summed E-state index contributed by atoms with van der Waals surface area (Å²) in [6.07, 6.45) is -20.4. The summed E-state index contributed by atoms with van der Waals surface area (Å²) in [5.74, 6) is -35.8. The Morgan fingerprint density at radius 3 is 1.07 bits per heavy atom. The molecular formula is C67H114F22N4O12S. The fraction of sp³-hybridized carbons (Fsp3) is 0.866. The number of nitrogens with two attached hydrogens (primary N) is 1. The number of halogens is 22. The fourth-order valence-electron chi connectivity index (χ4n) is 6.72. The Labute approximate surface area is 612 Å². The molecule has 1 aromatic heterocycles. The highest BCUT2D eigenvalue weighted by Crippen LogP contribution is 2.38. The number of ether oxygens (including phenoxy) is 2. The summed E-state index contributed by atoms with van der Waals surface area (Å²) in [4.78, 5) is 72.8. The summed E-state index contributed by atoms with van der Waals surface area (Å²) >= 11 is 0.601. The topological polar surface area (TPSA) is 262 Å². The molecule has 0 aliphatic heterocycles. The van der Waals surface area contributed by atoms with E-state index in [1.165, 1.54) is 48.6 Å².